The number of phenols is 1. The van der Waals surface area contributed by atoms with Gasteiger partial charge in [0.1, 0.15) is 47.2 Å². The summed E-state index contributed by atoms with van der Waals surface area (Å²) in [7, 11) is 6.93. The Balaban J connectivity index is 0.000000281. The topological polar surface area (TPSA) is 136 Å². The number of benzene rings is 2. The van der Waals surface area contributed by atoms with Crippen molar-refractivity contribution in [2.75, 3.05) is 48.1 Å². The van der Waals surface area contributed by atoms with Crippen molar-refractivity contribution in [1.29, 1.82) is 0 Å². The van der Waals surface area contributed by atoms with Gasteiger partial charge < -0.3 is 48.6 Å². The van der Waals surface area contributed by atoms with E-state index in [0.717, 1.165) is 13.0 Å². The zero-order valence-electron chi connectivity index (χ0n) is 24.3. The number of hydrogen-bond acceptors (Lipinski definition) is 11. The third-order valence-corrected chi connectivity index (χ3v) is 6.43. The van der Waals surface area contributed by atoms with Crippen molar-refractivity contribution in [3.05, 3.63) is 53.6 Å². The highest BCUT2D eigenvalue weighted by atomic mass is 35.5. The first-order valence-electron chi connectivity index (χ1n) is 13.1. The summed E-state index contributed by atoms with van der Waals surface area (Å²) in [5.74, 6) is -0.470. The van der Waals surface area contributed by atoms with Crippen LogP contribution in [0.1, 0.15) is 36.2 Å². The SMILES string of the molecule is CN(C)CCCOC1C(C(O)CO)OC2OC(C)(C)OC21.COc1cc(O)c(C(=O)c2ccccc2)c(OC)c1.Cl. The molecular formula is C29H42ClNO10. The number of phenolic OH excluding ortho intramolecular Hbond substituents is 1. The third kappa shape index (κ3) is 9.00. The van der Waals surface area contributed by atoms with E-state index in [1.54, 1.807) is 30.3 Å². The molecule has 2 aliphatic heterocycles. The van der Waals surface area contributed by atoms with Crippen molar-refractivity contribution in [3.8, 4) is 17.2 Å². The fourth-order valence-corrected chi connectivity index (χ4v) is 4.52. The highest BCUT2D eigenvalue weighted by Gasteiger charge is 2.56. The van der Waals surface area contributed by atoms with E-state index in [0.29, 0.717) is 17.9 Å². The number of carbonyl (C=O) groups is 1. The second-order valence-corrected chi connectivity index (χ2v) is 10.2. The lowest BCUT2D eigenvalue weighted by Crippen LogP contribution is -2.44. The van der Waals surface area contributed by atoms with Crippen molar-refractivity contribution < 1.29 is 48.5 Å². The summed E-state index contributed by atoms with van der Waals surface area (Å²) >= 11 is 0. The molecule has 0 amide bonds. The lowest BCUT2D eigenvalue weighted by molar-refractivity contribution is -0.231. The summed E-state index contributed by atoms with van der Waals surface area (Å²) in [5.41, 5.74) is 0.621. The molecule has 3 N–H and O–H groups in total. The van der Waals surface area contributed by atoms with Crippen LogP contribution < -0.4 is 9.47 Å². The highest BCUT2D eigenvalue weighted by Crippen LogP contribution is 2.39. The Bertz CT molecular complexity index is 1100. The number of fused-ring (bicyclic) bond motifs is 1. The summed E-state index contributed by atoms with van der Waals surface area (Å²) < 4.78 is 33.2. The first-order chi connectivity index (χ1) is 19.0. The lowest BCUT2D eigenvalue weighted by atomic mass is 10.0. The van der Waals surface area contributed by atoms with Gasteiger partial charge in [-0.2, -0.15) is 0 Å². The zero-order chi connectivity index (χ0) is 29.4. The second-order valence-electron chi connectivity index (χ2n) is 10.2. The number of ketones is 1. The molecule has 5 atom stereocenters. The fourth-order valence-electron chi connectivity index (χ4n) is 4.52. The molecule has 12 heteroatoms. The maximum absolute atomic E-state index is 12.4. The Morgan fingerprint density at radius 1 is 1.10 bits per heavy atom. The van der Waals surface area contributed by atoms with E-state index in [2.05, 4.69) is 4.90 Å². The Kier molecular flexibility index (Phi) is 13.3. The summed E-state index contributed by atoms with van der Waals surface area (Å²) in [6.45, 7) is 4.70. The molecule has 2 aromatic rings. The number of carbonyl (C=O) groups excluding carboxylic acids is 1. The molecular weight excluding hydrogens is 558 g/mol. The number of rotatable bonds is 11. The molecule has 0 aliphatic carbocycles. The monoisotopic (exact) mass is 599 g/mol. The van der Waals surface area contributed by atoms with Crippen LogP contribution in [-0.2, 0) is 18.9 Å². The number of nitrogens with zero attached hydrogens (tertiary/aromatic N) is 1. The van der Waals surface area contributed by atoms with Crippen molar-refractivity contribution in [2.45, 2.75) is 56.8 Å². The Morgan fingerprint density at radius 2 is 1.78 bits per heavy atom. The third-order valence-electron chi connectivity index (χ3n) is 6.43. The van der Waals surface area contributed by atoms with Gasteiger partial charge in [0.25, 0.3) is 0 Å². The largest absolute Gasteiger partial charge is 0.507 e. The summed E-state index contributed by atoms with van der Waals surface area (Å²) in [6, 6.07) is 11.7. The predicted molar refractivity (Wildman–Crippen MR) is 153 cm³/mol. The number of aliphatic hydroxyl groups excluding tert-OH is 2. The molecule has 2 fully saturated rings. The summed E-state index contributed by atoms with van der Waals surface area (Å²) in [5, 5.41) is 29.0. The maximum Gasteiger partial charge on any atom is 0.200 e. The van der Waals surface area contributed by atoms with E-state index < -0.39 is 30.4 Å². The quantitative estimate of drug-likeness (QED) is 0.260. The number of halogens is 1. The molecule has 0 aromatic heterocycles. The van der Waals surface area contributed by atoms with Gasteiger partial charge in [-0.3, -0.25) is 4.79 Å². The summed E-state index contributed by atoms with van der Waals surface area (Å²) in [4.78, 5) is 14.4. The van der Waals surface area contributed by atoms with Crippen molar-refractivity contribution in [3.63, 3.8) is 0 Å². The first-order valence-corrected chi connectivity index (χ1v) is 13.1. The Labute approximate surface area is 247 Å². The van der Waals surface area contributed by atoms with Crippen LogP contribution in [0.3, 0.4) is 0 Å². The van der Waals surface area contributed by atoms with Gasteiger partial charge in [0.2, 0.25) is 5.78 Å². The zero-order valence-corrected chi connectivity index (χ0v) is 25.1. The van der Waals surface area contributed by atoms with Gasteiger partial charge >= 0.3 is 0 Å². The van der Waals surface area contributed by atoms with Crippen molar-refractivity contribution in [1.82, 2.24) is 4.90 Å². The number of aromatic hydroxyl groups is 1. The molecule has 230 valence electrons. The van der Waals surface area contributed by atoms with Crippen LogP contribution in [0, 0.1) is 0 Å². The van der Waals surface area contributed by atoms with Gasteiger partial charge in [0.05, 0.1) is 20.8 Å². The molecule has 0 saturated carbocycles. The maximum atomic E-state index is 12.4. The van der Waals surface area contributed by atoms with Crippen LogP contribution >= 0.6 is 12.4 Å². The average molecular weight is 600 g/mol. The van der Waals surface area contributed by atoms with Gasteiger partial charge in [-0.15, -0.1) is 12.4 Å². The van der Waals surface area contributed by atoms with E-state index >= 15 is 0 Å². The van der Waals surface area contributed by atoms with Crippen LogP contribution in [0.25, 0.3) is 0 Å². The van der Waals surface area contributed by atoms with Crippen LogP contribution in [0.4, 0.5) is 0 Å². The Hall–Kier alpha value is -2.48. The van der Waals surface area contributed by atoms with Gasteiger partial charge in [0, 0.05) is 24.3 Å². The van der Waals surface area contributed by atoms with E-state index in [9.17, 15) is 15.0 Å². The molecule has 2 aromatic carbocycles. The first kappa shape index (κ1) is 34.7. The standard InChI is InChI=1S/C15H14O4.C14H27NO6.ClH/c1-18-11-8-12(16)14(13(9-11)19-2)15(17)10-6-4-3-5-7-10;1-14(2)20-12-11(18-7-5-6-15(3)4)10(9(17)8-16)19-13(12)21-14;/h3-9,16H,1-2H3;9-13,16-17H,5-8H2,1-4H3;1H. The van der Waals surface area contributed by atoms with Crippen molar-refractivity contribution in [2.24, 2.45) is 0 Å². The number of methoxy groups -OCH3 is 2. The Morgan fingerprint density at radius 3 is 2.37 bits per heavy atom. The summed E-state index contributed by atoms with van der Waals surface area (Å²) in [6.07, 6.45) is -2.17. The smallest absolute Gasteiger partial charge is 0.200 e. The molecule has 4 rings (SSSR count). The molecule has 0 bridgehead atoms. The van der Waals surface area contributed by atoms with E-state index in [-0.39, 0.29) is 48.0 Å². The highest BCUT2D eigenvalue weighted by molar-refractivity contribution is 6.12. The van der Waals surface area contributed by atoms with Crippen LogP contribution in [0.2, 0.25) is 0 Å². The number of ether oxygens (including phenoxy) is 6. The average Bonchev–Trinajstić information content (AvgIpc) is 3.41. The second kappa shape index (κ2) is 15.7. The van der Waals surface area contributed by atoms with Gasteiger partial charge in [-0.1, -0.05) is 30.3 Å². The van der Waals surface area contributed by atoms with Gasteiger partial charge in [-0.05, 0) is 40.9 Å². The van der Waals surface area contributed by atoms with Gasteiger partial charge in [-0.25, -0.2) is 0 Å². The lowest BCUT2D eigenvalue weighted by Gasteiger charge is -2.28. The molecule has 11 nitrogen and oxygen atoms in total. The van der Waals surface area contributed by atoms with Crippen LogP contribution in [-0.4, -0.2) is 111 Å². The van der Waals surface area contributed by atoms with Gasteiger partial charge in [0.15, 0.2) is 12.1 Å². The van der Waals surface area contributed by atoms with E-state index in [4.69, 9.17) is 33.5 Å². The van der Waals surface area contributed by atoms with Crippen LogP contribution in [0.5, 0.6) is 17.2 Å². The number of aliphatic hydroxyl groups is 2. The molecule has 2 saturated heterocycles. The molecule has 2 aliphatic rings. The van der Waals surface area contributed by atoms with Crippen LogP contribution in [0.15, 0.2) is 42.5 Å². The minimum absolute atomic E-state index is 0. The molecule has 41 heavy (non-hydrogen) atoms. The molecule has 0 spiro atoms. The molecule has 2 heterocycles. The molecule has 0 radical (unpaired) electrons. The fraction of sp³-hybridized carbons (Fsp3) is 0.552. The van der Waals surface area contributed by atoms with E-state index in [1.165, 1.54) is 20.3 Å². The minimum Gasteiger partial charge on any atom is -0.507 e. The molecule has 5 unspecified atom stereocenters. The normalized spacial score (nSPS) is 23.1. The van der Waals surface area contributed by atoms with Crippen molar-refractivity contribution >= 4 is 18.2 Å². The number of hydrogen-bond donors (Lipinski definition) is 3. The van der Waals surface area contributed by atoms with E-state index in [1.807, 2.05) is 34.0 Å². The minimum atomic E-state index is -1.01. The predicted octanol–water partition coefficient (Wildman–Crippen LogP) is 2.62.